The Labute approximate surface area is 202 Å². The molecule has 4 aromatic rings. The van der Waals surface area contributed by atoms with Crippen LogP contribution in [0.1, 0.15) is 29.5 Å². The molecule has 2 heterocycles. The van der Waals surface area contributed by atoms with Gasteiger partial charge < -0.3 is 10.0 Å². The molecule has 7 heteroatoms. The van der Waals surface area contributed by atoms with Gasteiger partial charge in [0.25, 0.3) is 0 Å². The van der Waals surface area contributed by atoms with E-state index in [9.17, 15) is 18.3 Å². The molecule has 1 N–H and O–H groups in total. The Kier molecular flexibility index (Phi) is 6.28. The molecule has 4 nitrogen and oxygen atoms in total. The molecular weight excluding hydrogens is 451 g/mol. The number of rotatable bonds is 5. The van der Waals surface area contributed by atoms with E-state index in [1.54, 1.807) is 10.7 Å². The smallest absolute Gasteiger partial charge is 0.396 e. The Morgan fingerprint density at radius 1 is 1.03 bits per heavy atom. The molecule has 182 valence electrons. The van der Waals surface area contributed by atoms with E-state index in [4.69, 9.17) is 0 Å². The Morgan fingerprint density at radius 2 is 1.83 bits per heavy atom. The van der Waals surface area contributed by atoms with Crippen molar-refractivity contribution in [2.24, 2.45) is 5.92 Å². The van der Waals surface area contributed by atoms with Gasteiger partial charge in [0.2, 0.25) is 0 Å². The zero-order valence-electron chi connectivity index (χ0n) is 19.6. The fourth-order valence-electron chi connectivity index (χ4n) is 5.08. The third-order valence-electron chi connectivity index (χ3n) is 6.75. The van der Waals surface area contributed by atoms with E-state index in [0.29, 0.717) is 17.6 Å². The SMILES string of the molecule is Cc1cccc(Cn2nc3c(C(F)(F)F)cccc3c2-c2cccc(N3CCCC(CO)C3)c2)c1. The van der Waals surface area contributed by atoms with Gasteiger partial charge in [-0.1, -0.05) is 54.1 Å². The largest absolute Gasteiger partial charge is 0.418 e. The molecule has 35 heavy (non-hydrogen) atoms. The molecule has 1 aliphatic heterocycles. The van der Waals surface area contributed by atoms with Crippen LogP contribution in [0.15, 0.2) is 66.7 Å². The lowest BCUT2D eigenvalue weighted by molar-refractivity contribution is -0.136. The molecule has 1 atom stereocenters. The average Bonchev–Trinajstić information content (AvgIpc) is 3.21. The summed E-state index contributed by atoms with van der Waals surface area (Å²) in [7, 11) is 0. The van der Waals surface area contributed by atoms with Crippen molar-refractivity contribution in [2.75, 3.05) is 24.6 Å². The molecule has 1 fully saturated rings. The number of aryl methyl sites for hydroxylation is 1. The van der Waals surface area contributed by atoms with Gasteiger partial charge in [0.1, 0.15) is 5.52 Å². The van der Waals surface area contributed by atoms with E-state index in [-0.39, 0.29) is 18.0 Å². The first-order valence-corrected chi connectivity index (χ1v) is 11.9. The van der Waals surface area contributed by atoms with E-state index < -0.39 is 11.7 Å². The Hall–Kier alpha value is -3.32. The van der Waals surface area contributed by atoms with Crippen LogP contribution in [0.3, 0.4) is 0 Å². The van der Waals surface area contributed by atoms with E-state index in [0.717, 1.165) is 54.4 Å². The number of halogens is 3. The van der Waals surface area contributed by atoms with Gasteiger partial charge in [0, 0.05) is 36.3 Å². The summed E-state index contributed by atoms with van der Waals surface area (Å²) < 4.78 is 43.2. The molecular formula is C28H28F3N3O. The van der Waals surface area contributed by atoms with Gasteiger partial charge in [-0.2, -0.15) is 18.3 Å². The molecule has 1 unspecified atom stereocenters. The van der Waals surface area contributed by atoms with Gasteiger partial charge in [-0.3, -0.25) is 4.68 Å². The molecule has 1 aliphatic rings. The van der Waals surface area contributed by atoms with Crippen LogP contribution in [0.5, 0.6) is 0 Å². The summed E-state index contributed by atoms with van der Waals surface area (Å²) in [6.45, 7) is 4.17. The van der Waals surface area contributed by atoms with Crippen LogP contribution >= 0.6 is 0 Å². The number of aliphatic hydroxyl groups is 1. The first kappa shape index (κ1) is 23.4. The molecule has 3 aromatic carbocycles. The van der Waals surface area contributed by atoms with Gasteiger partial charge in [-0.15, -0.1) is 0 Å². The van der Waals surface area contributed by atoms with Crippen molar-refractivity contribution in [1.82, 2.24) is 9.78 Å². The van der Waals surface area contributed by atoms with Crippen molar-refractivity contribution >= 4 is 16.6 Å². The third-order valence-corrected chi connectivity index (χ3v) is 6.75. The Morgan fingerprint density at radius 3 is 2.60 bits per heavy atom. The maximum Gasteiger partial charge on any atom is 0.418 e. The fourth-order valence-corrected chi connectivity index (χ4v) is 5.08. The van der Waals surface area contributed by atoms with Gasteiger partial charge in [0.05, 0.1) is 17.8 Å². The molecule has 0 aliphatic carbocycles. The van der Waals surface area contributed by atoms with Crippen LogP contribution in [-0.4, -0.2) is 34.6 Å². The number of hydrogen-bond donors (Lipinski definition) is 1. The van der Waals surface area contributed by atoms with Crippen molar-refractivity contribution in [1.29, 1.82) is 0 Å². The minimum absolute atomic E-state index is 0.0358. The monoisotopic (exact) mass is 479 g/mol. The lowest BCUT2D eigenvalue weighted by Gasteiger charge is -2.33. The number of fused-ring (bicyclic) bond motifs is 1. The van der Waals surface area contributed by atoms with Gasteiger partial charge >= 0.3 is 6.18 Å². The zero-order chi connectivity index (χ0) is 24.6. The molecule has 0 saturated carbocycles. The van der Waals surface area contributed by atoms with Crippen LogP contribution in [-0.2, 0) is 12.7 Å². The number of anilines is 1. The summed E-state index contributed by atoms with van der Waals surface area (Å²) in [5.74, 6) is 0.231. The fraction of sp³-hybridized carbons (Fsp3) is 0.321. The molecule has 0 spiro atoms. The second-order valence-corrected chi connectivity index (χ2v) is 9.38. The van der Waals surface area contributed by atoms with Gasteiger partial charge in [-0.05, 0) is 49.4 Å². The van der Waals surface area contributed by atoms with E-state index in [2.05, 4.69) is 10.00 Å². The van der Waals surface area contributed by atoms with Crippen LogP contribution in [0.4, 0.5) is 18.9 Å². The van der Waals surface area contributed by atoms with Crippen LogP contribution in [0.25, 0.3) is 22.2 Å². The van der Waals surface area contributed by atoms with E-state index in [1.165, 1.54) is 6.07 Å². The first-order valence-electron chi connectivity index (χ1n) is 11.9. The Bertz CT molecular complexity index is 1350. The maximum absolute atomic E-state index is 13.8. The normalized spacial score (nSPS) is 16.7. The highest BCUT2D eigenvalue weighted by atomic mass is 19.4. The highest BCUT2D eigenvalue weighted by Gasteiger charge is 2.34. The minimum Gasteiger partial charge on any atom is -0.396 e. The summed E-state index contributed by atoms with van der Waals surface area (Å²) >= 11 is 0. The van der Waals surface area contributed by atoms with Crippen molar-refractivity contribution in [3.8, 4) is 11.3 Å². The lowest BCUT2D eigenvalue weighted by Crippen LogP contribution is -2.36. The van der Waals surface area contributed by atoms with E-state index in [1.807, 2.05) is 55.5 Å². The predicted octanol–water partition coefficient (Wildman–Crippen LogP) is 6.29. The molecule has 5 rings (SSSR count). The van der Waals surface area contributed by atoms with Crippen molar-refractivity contribution in [3.63, 3.8) is 0 Å². The quantitative estimate of drug-likeness (QED) is 0.366. The Balaban J connectivity index is 1.64. The predicted molar refractivity (Wildman–Crippen MR) is 132 cm³/mol. The second kappa shape index (κ2) is 9.38. The molecule has 0 radical (unpaired) electrons. The van der Waals surface area contributed by atoms with Crippen LogP contribution < -0.4 is 4.90 Å². The van der Waals surface area contributed by atoms with Gasteiger partial charge in [-0.25, -0.2) is 0 Å². The van der Waals surface area contributed by atoms with Crippen LogP contribution in [0, 0.1) is 12.8 Å². The lowest BCUT2D eigenvalue weighted by atomic mass is 9.98. The number of aromatic nitrogens is 2. The summed E-state index contributed by atoms with van der Waals surface area (Å²) in [5.41, 5.74) is 3.80. The zero-order valence-corrected chi connectivity index (χ0v) is 19.6. The average molecular weight is 480 g/mol. The molecule has 1 saturated heterocycles. The summed E-state index contributed by atoms with van der Waals surface area (Å²) in [5, 5.41) is 14.6. The number of alkyl halides is 3. The molecule has 1 aromatic heterocycles. The summed E-state index contributed by atoms with van der Waals surface area (Å²) in [4.78, 5) is 2.25. The second-order valence-electron chi connectivity index (χ2n) is 9.38. The van der Waals surface area contributed by atoms with Crippen LogP contribution in [0.2, 0.25) is 0 Å². The highest BCUT2D eigenvalue weighted by molar-refractivity contribution is 5.95. The van der Waals surface area contributed by atoms with Crippen molar-refractivity contribution in [2.45, 2.75) is 32.5 Å². The molecule has 0 bridgehead atoms. The van der Waals surface area contributed by atoms with Gasteiger partial charge in [0.15, 0.2) is 0 Å². The highest BCUT2D eigenvalue weighted by Crippen LogP contribution is 2.39. The van der Waals surface area contributed by atoms with Crippen molar-refractivity contribution in [3.05, 3.63) is 83.4 Å². The number of benzene rings is 3. The number of aliphatic hydroxyl groups excluding tert-OH is 1. The van der Waals surface area contributed by atoms with E-state index >= 15 is 0 Å². The minimum atomic E-state index is -4.49. The third kappa shape index (κ3) is 4.78. The number of piperidine rings is 1. The maximum atomic E-state index is 13.8. The summed E-state index contributed by atoms with van der Waals surface area (Å²) in [6.07, 6.45) is -2.49. The summed E-state index contributed by atoms with van der Waals surface area (Å²) in [6, 6.07) is 20.1. The molecule has 0 amide bonds. The first-order chi connectivity index (χ1) is 16.8. The van der Waals surface area contributed by atoms with Crippen molar-refractivity contribution < 1.29 is 18.3 Å². The standard InChI is InChI=1S/C28H28F3N3O/c1-19-6-2-7-20(14-19)17-34-27(24-11-4-12-25(26(24)32-34)28(29,30)31)22-9-3-10-23(15-22)33-13-5-8-21(16-33)18-35/h2-4,6-7,9-12,14-15,21,35H,5,8,13,16-18H2,1H3. The number of nitrogens with zero attached hydrogens (tertiary/aromatic N) is 3. The number of hydrogen-bond acceptors (Lipinski definition) is 3. The topological polar surface area (TPSA) is 41.3 Å².